The summed E-state index contributed by atoms with van der Waals surface area (Å²) in [4.78, 5) is 6.89. The maximum atomic E-state index is 4.52. The number of aromatic nitrogens is 2. The van der Waals surface area contributed by atoms with E-state index in [4.69, 9.17) is 0 Å². The standard InChI is InChI=1S/C21H31N5.HI/c1-17-14-18(2)26(24-17)12-7-11-23-21(22-3)25-13-10-20(16-25)15-19-8-5-4-6-9-19;/h4-6,8-9,14,20H,7,10-13,15-16H2,1-3H3,(H,22,23);1H. The second kappa shape index (κ2) is 10.7. The van der Waals surface area contributed by atoms with Crippen molar-refractivity contribution < 1.29 is 0 Å². The van der Waals surface area contributed by atoms with Crippen LogP contribution in [0.4, 0.5) is 0 Å². The fraction of sp³-hybridized carbons (Fsp3) is 0.524. The molecule has 0 radical (unpaired) electrons. The van der Waals surface area contributed by atoms with Crippen LogP contribution in [0.3, 0.4) is 0 Å². The van der Waals surface area contributed by atoms with Gasteiger partial charge in [-0.2, -0.15) is 5.10 Å². The number of hydrogen-bond acceptors (Lipinski definition) is 2. The van der Waals surface area contributed by atoms with E-state index in [0.717, 1.165) is 50.7 Å². The molecule has 0 saturated carbocycles. The lowest BCUT2D eigenvalue weighted by atomic mass is 9.99. The molecule has 1 N–H and O–H groups in total. The van der Waals surface area contributed by atoms with Crippen LogP contribution in [0.5, 0.6) is 0 Å². The van der Waals surface area contributed by atoms with Gasteiger partial charge in [0.1, 0.15) is 0 Å². The molecule has 2 aromatic rings. The fourth-order valence-electron chi connectivity index (χ4n) is 3.80. The van der Waals surface area contributed by atoms with E-state index in [1.807, 2.05) is 14.0 Å². The third kappa shape index (κ3) is 6.23. The van der Waals surface area contributed by atoms with Gasteiger partial charge in [0.15, 0.2) is 5.96 Å². The highest BCUT2D eigenvalue weighted by Crippen LogP contribution is 2.20. The van der Waals surface area contributed by atoms with E-state index < -0.39 is 0 Å². The number of guanidine groups is 1. The van der Waals surface area contributed by atoms with Gasteiger partial charge in [-0.3, -0.25) is 9.67 Å². The molecule has 0 bridgehead atoms. The average molecular weight is 481 g/mol. The first-order chi connectivity index (χ1) is 12.7. The number of nitrogens with one attached hydrogen (secondary N) is 1. The van der Waals surface area contributed by atoms with Gasteiger partial charge in [0.05, 0.1) is 5.69 Å². The topological polar surface area (TPSA) is 45.5 Å². The lowest BCUT2D eigenvalue weighted by Crippen LogP contribution is -2.40. The van der Waals surface area contributed by atoms with Crippen molar-refractivity contribution >= 4 is 29.9 Å². The van der Waals surface area contributed by atoms with E-state index >= 15 is 0 Å². The Morgan fingerprint density at radius 3 is 2.70 bits per heavy atom. The molecule has 2 heterocycles. The SMILES string of the molecule is CN=C(NCCCn1nc(C)cc1C)N1CCC(Cc2ccccc2)C1.I. The Morgan fingerprint density at radius 1 is 1.26 bits per heavy atom. The Kier molecular flexibility index (Phi) is 8.60. The number of likely N-dealkylation sites (tertiary alicyclic amines) is 1. The highest BCUT2D eigenvalue weighted by Gasteiger charge is 2.24. The van der Waals surface area contributed by atoms with Crippen LogP contribution in [-0.2, 0) is 13.0 Å². The van der Waals surface area contributed by atoms with Crippen molar-refractivity contribution in [1.29, 1.82) is 0 Å². The molecule has 1 aromatic heterocycles. The van der Waals surface area contributed by atoms with Crippen molar-refractivity contribution in [3.63, 3.8) is 0 Å². The largest absolute Gasteiger partial charge is 0.356 e. The number of hydrogen-bond donors (Lipinski definition) is 1. The number of aliphatic imine (C=N–C) groups is 1. The number of benzene rings is 1. The molecule has 0 spiro atoms. The number of nitrogens with zero attached hydrogens (tertiary/aromatic N) is 4. The van der Waals surface area contributed by atoms with Crippen LogP contribution in [0.2, 0.25) is 0 Å². The lowest BCUT2D eigenvalue weighted by molar-refractivity contribution is 0.456. The van der Waals surface area contributed by atoms with E-state index in [1.165, 1.54) is 17.7 Å². The summed E-state index contributed by atoms with van der Waals surface area (Å²) in [6, 6.07) is 12.9. The molecule has 6 heteroatoms. The zero-order valence-electron chi connectivity index (χ0n) is 16.7. The summed E-state index contributed by atoms with van der Waals surface area (Å²) in [5, 5.41) is 8.05. The lowest BCUT2D eigenvalue weighted by Gasteiger charge is -2.22. The van der Waals surface area contributed by atoms with Crippen LogP contribution in [0.1, 0.15) is 29.8 Å². The minimum absolute atomic E-state index is 0. The quantitative estimate of drug-likeness (QED) is 0.297. The fourth-order valence-corrected chi connectivity index (χ4v) is 3.80. The van der Waals surface area contributed by atoms with E-state index in [0.29, 0.717) is 5.92 Å². The molecule has 1 unspecified atom stereocenters. The summed E-state index contributed by atoms with van der Waals surface area (Å²) in [6.45, 7) is 8.21. The molecule has 5 nitrogen and oxygen atoms in total. The number of halogens is 1. The van der Waals surface area contributed by atoms with Crippen molar-refractivity contribution in [2.24, 2.45) is 10.9 Å². The number of rotatable bonds is 6. The molecule has 1 saturated heterocycles. The molecule has 1 aromatic carbocycles. The van der Waals surface area contributed by atoms with Gasteiger partial charge in [-0.15, -0.1) is 24.0 Å². The molecule has 1 fully saturated rings. The Hall–Kier alpha value is -1.57. The van der Waals surface area contributed by atoms with Crippen molar-refractivity contribution in [2.45, 2.75) is 39.7 Å². The Bertz CT molecular complexity index is 725. The molecule has 0 aliphatic carbocycles. The zero-order chi connectivity index (χ0) is 18.4. The Balaban J connectivity index is 0.00000261. The van der Waals surface area contributed by atoms with Gasteiger partial charge in [-0.25, -0.2) is 0 Å². The van der Waals surface area contributed by atoms with E-state index in [1.54, 1.807) is 0 Å². The van der Waals surface area contributed by atoms with Crippen molar-refractivity contribution in [2.75, 3.05) is 26.7 Å². The Morgan fingerprint density at radius 2 is 2.04 bits per heavy atom. The first kappa shape index (κ1) is 21.7. The van der Waals surface area contributed by atoms with Crippen molar-refractivity contribution in [3.05, 3.63) is 53.3 Å². The molecule has 148 valence electrons. The van der Waals surface area contributed by atoms with Crippen molar-refractivity contribution in [3.8, 4) is 0 Å². The first-order valence-electron chi connectivity index (χ1n) is 9.66. The summed E-state index contributed by atoms with van der Waals surface area (Å²) >= 11 is 0. The first-order valence-corrected chi connectivity index (χ1v) is 9.66. The summed E-state index contributed by atoms with van der Waals surface area (Å²) in [6.07, 6.45) is 3.44. The van der Waals surface area contributed by atoms with Crippen molar-refractivity contribution in [1.82, 2.24) is 20.0 Å². The third-order valence-electron chi connectivity index (χ3n) is 5.10. The van der Waals surface area contributed by atoms with Gasteiger partial charge in [0.2, 0.25) is 0 Å². The summed E-state index contributed by atoms with van der Waals surface area (Å²) < 4.78 is 2.09. The second-order valence-corrected chi connectivity index (χ2v) is 7.27. The summed E-state index contributed by atoms with van der Waals surface area (Å²) in [5.41, 5.74) is 3.76. The summed E-state index contributed by atoms with van der Waals surface area (Å²) in [7, 11) is 1.88. The summed E-state index contributed by atoms with van der Waals surface area (Å²) in [5.74, 6) is 1.75. The molecular weight excluding hydrogens is 449 g/mol. The van der Waals surface area contributed by atoms with Crippen LogP contribution in [-0.4, -0.2) is 47.3 Å². The maximum Gasteiger partial charge on any atom is 0.193 e. The minimum atomic E-state index is 0. The molecule has 0 amide bonds. The highest BCUT2D eigenvalue weighted by molar-refractivity contribution is 14.0. The van der Waals surface area contributed by atoms with Crippen LogP contribution in [0.15, 0.2) is 41.4 Å². The van der Waals surface area contributed by atoms with Crippen LogP contribution < -0.4 is 5.32 Å². The predicted octanol–water partition coefficient (Wildman–Crippen LogP) is 3.65. The van der Waals surface area contributed by atoms with E-state index in [-0.39, 0.29) is 24.0 Å². The average Bonchev–Trinajstić information content (AvgIpc) is 3.22. The van der Waals surface area contributed by atoms with Gasteiger partial charge >= 0.3 is 0 Å². The van der Waals surface area contributed by atoms with Crippen LogP contribution in [0, 0.1) is 19.8 Å². The van der Waals surface area contributed by atoms with Gasteiger partial charge in [-0.05, 0) is 50.7 Å². The highest BCUT2D eigenvalue weighted by atomic mass is 127. The van der Waals surface area contributed by atoms with Crippen LogP contribution in [0.25, 0.3) is 0 Å². The van der Waals surface area contributed by atoms with Gasteiger partial charge in [-0.1, -0.05) is 30.3 Å². The van der Waals surface area contributed by atoms with Gasteiger partial charge in [0.25, 0.3) is 0 Å². The molecule has 27 heavy (non-hydrogen) atoms. The third-order valence-corrected chi connectivity index (χ3v) is 5.10. The molecule has 1 atom stereocenters. The normalized spacial score (nSPS) is 17.1. The predicted molar refractivity (Wildman–Crippen MR) is 123 cm³/mol. The number of aryl methyl sites for hydroxylation is 3. The molecule has 1 aliphatic heterocycles. The van der Waals surface area contributed by atoms with Crippen LogP contribution >= 0.6 is 24.0 Å². The second-order valence-electron chi connectivity index (χ2n) is 7.27. The molecule has 1 aliphatic rings. The Labute approximate surface area is 180 Å². The van der Waals surface area contributed by atoms with Gasteiger partial charge in [0, 0.05) is 38.9 Å². The van der Waals surface area contributed by atoms with E-state index in [2.05, 4.69) is 68.3 Å². The monoisotopic (exact) mass is 481 g/mol. The van der Waals surface area contributed by atoms with E-state index in [9.17, 15) is 0 Å². The molecule has 3 rings (SSSR count). The molecular formula is C21H32IN5. The smallest absolute Gasteiger partial charge is 0.193 e. The maximum absolute atomic E-state index is 4.52. The van der Waals surface area contributed by atoms with Gasteiger partial charge < -0.3 is 10.2 Å². The zero-order valence-corrected chi connectivity index (χ0v) is 19.0. The minimum Gasteiger partial charge on any atom is -0.356 e.